The minimum absolute atomic E-state index is 0.251. The maximum absolute atomic E-state index is 14.1. The van der Waals surface area contributed by atoms with Crippen molar-refractivity contribution < 1.29 is 13.9 Å². The number of halogens is 1. The van der Waals surface area contributed by atoms with Crippen molar-refractivity contribution in [3.05, 3.63) is 53.8 Å². The molecule has 1 aromatic heterocycles. The lowest BCUT2D eigenvalue weighted by atomic mass is 10.1. The van der Waals surface area contributed by atoms with Gasteiger partial charge < -0.3 is 15.0 Å². The van der Waals surface area contributed by atoms with E-state index in [1.165, 1.54) is 18.2 Å². The number of rotatable bonds is 3. The summed E-state index contributed by atoms with van der Waals surface area (Å²) in [5, 5.41) is 3.45. The molecule has 3 rings (SSSR count). The zero-order valence-electron chi connectivity index (χ0n) is 12.2. The normalized spacial score (nSPS) is 10.7. The second kappa shape index (κ2) is 5.52. The first-order valence-corrected chi connectivity index (χ1v) is 6.81. The minimum Gasteiger partial charge on any atom is -0.497 e. The van der Waals surface area contributed by atoms with Gasteiger partial charge in [0, 0.05) is 34.8 Å². The van der Waals surface area contributed by atoms with E-state index >= 15 is 0 Å². The molecule has 0 aliphatic carbocycles. The van der Waals surface area contributed by atoms with Gasteiger partial charge in [0.15, 0.2) is 0 Å². The largest absolute Gasteiger partial charge is 0.497 e. The van der Waals surface area contributed by atoms with E-state index in [4.69, 9.17) is 4.74 Å². The standard InChI is InChI=1S/C17H15FN2O2/c1-19-17(21)10-3-5-14(18)13(8-10)16-9-11-7-12(22-2)4-6-15(11)20-16/h3-9,20H,1-2H3,(H,19,21). The molecule has 22 heavy (non-hydrogen) atoms. The van der Waals surface area contributed by atoms with E-state index in [1.807, 2.05) is 24.3 Å². The molecular formula is C17H15FN2O2. The predicted molar refractivity (Wildman–Crippen MR) is 83.6 cm³/mol. The number of benzene rings is 2. The highest BCUT2D eigenvalue weighted by Crippen LogP contribution is 2.29. The topological polar surface area (TPSA) is 54.1 Å². The summed E-state index contributed by atoms with van der Waals surface area (Å²) in [6.45, 7) is 0. The molecule has 1 amide bonds. The summed E-state index contributed by atoms with van der Waals surface area (Å²) in [5.41, 5.74) is 2.26. The molecule has 0 radical (unpaired) electrons. The summed E-state index contributed by atoms with van der Waals surface area (Å²) in [4.78, 5) is 14.9. The average Bonchev–Trinajstić information content (AvgIpc) is 2.97. The van der Waals surface area contributed by atoms with Crippen molar-refractivity contribution in [1.82, 2.24) is 10.3 Å². The Morgan fingerprint density at radius 1 is 1.18 bits per heavy atom. The number of hydrogen-bond acceptors (Lipinski definition) is 2. The molecule has 112 valence electrons. The molecular weight excluding hydrogens is 283 g/mol. The lowest BCUT2D eigenvalue weighted by molar-refractivity contribution is 0.0963. The number of nitrogens with one attached hydrogen (secondary N) is 2. The number of aromatic nitrogens is 1. The van der Waals surface area contributed by atoms with Crippen molar-refractivity contribution >= 4 is 16.8 Å². The molecule has 2 N–H and O–H groups in total. The smallest absolute Gasteiger partial charge is 0.251 e. The number of carbonyl (C=O) groups excluding carboxylic acids is 1. The van der Waals surface area contributed by atoms with E-state index in [0.29, 0.717) is 16.8 Å². The third-order valence-electron chi connectivity index (χ3n) is 3.57. The van der Waals surface area contributed by atoms with Gasteiger partial charge in [0.2, 0.25) is 0 Å². The molecule has 0 aliphatic heterocycles. The molecule has 0 atom stereocenters. The number of H-pyrrole nitrogens is 1. The van der Waals surface area contributed by atoms with Crippen LogP contribution in [-0.2, 0) is 0 Å². The van der Waals surface area contributed by atoms with Crippen molar-refractivity contribution in [3.63, 3.8) is 0 Å². The van der Waals surface area contributed by atoms with Crippen LogP contribution in [0.5, 0.6) is 5.75 Å². The maximum Gasteiger partial charge on any atom is 0.251 e. The Bertz CT molecular complexity index is 855. The van der Waals surface area contributed by atoms with Crippen LogP contribution < -0.4 is 10.1 Å². The number of fused-ring (bicyclic) bond motifs is 1. The van der Waals surface area contributed by atoms with Crippen LogP contribution in [-0.4, -0.2) is 25.0 Å². The van der Waals surface area contributed by atoms with Gasteiger partial charge in [-0.05, 0) is 42.5 Å². The van der Waals surface area contributed by atoms with Gasteiger partial charge in [-0.3, -0.25) is 4.79 Å². The molecule has 1 heterocycles. The van der Waals surface area contributed by atoms with E-state index in [9.17, 15) is 9.18 Å². The zero-order valence-corrected chi connectivity index (χ0v) is 12.2. The maximum atomic E-state index is 14.1. The first-order chi connectivity index (χ1) is 10.6. The van der Waals surface area contributed by atoms with Gasteiger partial charge in [0.25, 0.3) is 5.91 Å². The Labute approximate surface area is 126 Å². The number of amides is 1. The molecule has 0 aliphatic rings. The molecule has 3 aromatic rings. The van der Waals surface area contributed by atoms with Crippen molar-refractivity contribution in [1.29, 1.82) is 0 Å². The lowest BCUT2D eigenvalue weighted by Gasteiger charge is -2.04. The molecule has 0 fully saturated rings. The Morgan fingerprint density at radius 3 is 2.73 bits per heavy atom. The fourth-order valence-corrected chi connectivity index (χ4v) is 2.40. The molecule has 0 saturated heterocycles. The molecule has 0 spiro atoms. The van der Waals surface area contributed by atoms with Crippen LogP contribution in [0.4, 0.5) is 4.39 Å². The number of aromatic amines is 1. The van der Waals surface area contributed by atoms with Gasteiger partial charge in [0.1, 0.15) is 11.6 Å². The Kier molecular flexibility index (Phi) is 3.55. The summed E-state index contributed by atoms with van der Waals surface area (Å²) in [6, 6.07) is 11.7. The van der Waals surface area contributed by atoms with Gasteiger partial charge >= 0.3 is 0 Å². The van der Waals surface area contributed by atoms with Gasteiger partial charge in [-0.2, -0.15) is 0 Å². The number of carbonyl (C=O) groups is 1. The van der Waals surface area contributed by atoms with Crippen molar-refractivity contribution in [3.8, 4) is 17.0 Å². The number of methoxy groups -OCH3 is 1. The first-order valence-electron chi connectivity index (χ1n) is 6.81. The summed E-state index contributed by atoms with van der Waals surface area (Å²) >= 11 is 0. The highest BCUT2D eigenvalue weighted by atomic mass is 19.1. The summed E-state index contributed by atoms with van der Waals surface area (Å²) in [6.07, 6.45) is 0. The molecule has 0 bridgehead atoms. The molecule has 4 nitrogen and oxygen atoms in total. The minimum atomic E-state index is -0.383. The van der Waals surface area contributed by atoms with Crippen molar-refractivity contribution in [2.75, 3.05) is 14.2 Å². The molecule has 5 heteroatoms. The van der Waals surface area contributed by atoms with Crippen LogP contribution in [0.25, 0.3) is 22.2 Å². The van der Waals surface area contributed by atoms with E-state index < -0.39 is 0 Å². The Balaban J connectivity index is 2.12. The van der Waals surface area contributed by atoms with Crippen molar-refractivity contribution in [2.45, 2.75) is 0 Å². The highest BCUT2D eigenvalue weighted by Gasteiger charge is 2.12. The van der Waals surface area contributed by atoms with Crippen LogP contribution in [0.15, 0.2) is 42.5 Å². The SMILES string of the molecule is CNC(=O)c1ccc(F)c(-c2cc3cc(OC)ccc3[nH]2)c1. The third-order valence-corrected chi connectivity index (χ3v) is 3.57. The van der Waals surface area contributed by atoms with Gasteiger partial charge in [-0.15, -0.1) is 0 Å². The number of ether oxygens (including phenoxy) is 1. The molecule has 2 aromatic carbocycles. The summed E-state index contributed by atoms with van der Waals surface area (Å²) < 4.78 is 19.3. The summed E-state index contributed by atoms with van der Waals surface area (Å²) in [5.74, 6) is 0.0998. The van der Waals surface area contributed by atoms with Crippen LogP contribution in [0.3, 0.4) is 0 Å². The average molecular weight is 298 g/mol. The van der Waals surface area contributed by atoms with Gasteiger partial charge in [-0.25, -0.2) is 4.39 Å². The molecule has 0 saturated carbocycles. The van der Waals surface area contributed by atoms with E-state index in [1.54, 1.807) is 14.2 Å². The predicted octanol–water partition coefficient (Wildman–Crippen LogP) is 3.34. The van der Waals surface area contributed by atoms with Crippen LogP contribution >= 0.6 is 0 Å². The zero-order chi connectivity index (χ0) is 15.7. The molecule has 0 unspecified atom stereocenters. The lowest BCUT2D eigenvalue weighted by Crippen LogP contribution is -2.17. The van der Waals surface area contributed by atoms with Crippen LogP contribution in [0.1, 0.15) is 10.4 Å². The quantitative estimate of drug-likeness (QED) is 0.779. The summed E-state index contributed by atoms with van der Waals surface area (Å²) in [7, 11) is 3.14. The van der Waals surface area contributed by atoms with Crippen molar-refractivity contribution in [2.24, 2.45) is 0 Å². The third kappa shape index (κ3) is 2.41. The van der Waals surface area contributed by atoms with Gasteiger partial charge in [-0.1, -0.05) is 0 Å². The van der Waals surface area contributed by atoms with E-state index in [0.717, 1.165) is 16.7 Å². The highest BCUT2D eigenvalue weighted by molar-refractivity contribution is 5.96. The van der Waals surface area contributed by atoms with E-state index in [-0.39, 0.29) is 11.7 Å². The Morgan fingerprint density at radius 2 is 2.00 bits per heavy atom. The monoisotopic (exact) mass is 298 g/mol. The van der Waals surface area contributed by atoms with Crippen LogP contribution in [0, 0.1) is 5.82 Å². The fourth-order valence-electron chi connectivity index (χ4n) is 2.40. The van der Waals surface area contributed by atoms with E-state index in [2.05, 4.69) is 10.3 Å². The second-order valence-corrected chi connectivity index (χ2v) is 4.91. The first kappa shape index (κ1) is 14.1. The number of hydrogen-bond donors (Lipinski definition) is 2. The second-order valence-electron chi connectivity index (χ2n) is 4.91. The van der Waals surface area contributed by atoms with Gasteiger partial charge in [0.05, 0.1) is 7.11 Å². The Hall–Kier alpha value is -2.82. The fraction of sp³-hybridized carbons (Fsp3) is 0.118. The van der Waals surface area contributed by atoms with Crippen LogP contribution in [0.2, 0.25) is 0 Å².